The molecule has 5 nitrogen and oxygen atoms in total. The van der Waals surface area contributed by atoms with Crippen LogP contribution in [0.3, 0.4) is 0 Å². The Kier molecular flexibility index (Phi) is 4.47. The van der Waals surface area contributed by atoms with E-state index >= 15 is 0 Å². The van der Waals surface area contributed by atoms with Crippen LogP contribution in [0.5, 0.6) is 0 Å². The minimum atomic E-state index is 0.630. The fourth-order valence-corrected chi connectivity index (χ4v) is 3.85. The normalized spacial score (nSPS) is 27.6. The molecule has 0 spiro atoms. The molecule has 3 aliphatic rings. The lowest BCUT2D eigenvalue weighted by Gasteiger charge is -2.37. The van der Waals surface area contributed by atoms with Crippen molar-refractivity contribution < 1.29 is 4.74 Å². The zero-order valence-electron chi connectivity index (χ0n) is 13.5. The van der Waals surface area contributed by atoms with Gasteiger partial charge in [-0.25, -0.2) is 4.98 Å². The first kappa shape index (κ1) is 14.9. The van der Waals surface area contributed by atoms with Crippen molar-refractivity contribution in [3.05, 3.63) is 24.0 Å². The van der Waals surface area contributed by atoms with Gasteiger partial charge in [0.1, 0.15) is 5.69 Å². The van der Waals surface area contributed by atoms with E-state index in [4.69, 9.17) is 4.74 Å². The third-order valence-electron chi connectivity index (χ3n) is 5.04. The molecule has 3 fully saturated rings. The van der Waals surface area contributed by atoms with E-state index in [0.717, 1.165) is 51.6 Å². The number of piperazine rings is 1. The third-order valence-corrected chi connectivity index (χ3v) is 5.04. The van der Waals surface area contributed by atoms with Gasteiger partial charge in [0.2, 0.25) is 0 Å². The monoisotopic (exact) mass is 312 g/mol. The zero-order chi connectivity index (χ0) is 15.5. The average Bonchev–Trinajstić information content (AvgIpc) is 2.85. The number of anilines is 1. The van der Waals surface area contributed by atoms with Gasteiger partial charge >= 0.3 is 0 Å². The summed E-state index contributed by atoms with van der Waals surface area (Å²) in [5.41, 5.74) is 2.17. The van der Waals surface area contributed by atoms with Crippen LogP contribution < -0.4 is 10.2 Å². The number of fused-ring (bicyclic) bond motifs is 2. The van der Waals surface area contributed by atoms with Crippen LogP contribution in [0.4, 0.5) is 5.69 Å². The smallest absolute Gasteiger partial charge is 0.115 e. The van der Waals surface area contributed by atoms with E-state index < -0.39 is 0 Å². The molecule has 3 aliphatic heterocycles. The second kappa shape index (κ2) is 6.88. The minimum Gasteiger partial charge on any atom is -0.379 e. The molecule has 1 aromatic heterocycles. The van der Waals surface area contributed by atoms with E-state index in [0.29, 0.717) is 12.1 Å². The molecule has 4 rings (SSSR count). The van der Waals surface area contributed by atoms with Crippen molar-refractivity contribution in [3.8, 4) is 11.8 Å². The maximum absolute atomic E-state index is 5.36. The molecule has 2 unspecified atom stereocenters. The van der Waals surface area contributed by atoms with Crippen molar-refractivity contribution in [3.63, 3.8) is 0 Å². The summed E-state index contributed by atoms with van der Waals surface area (Å²) in [6.07, 6.45) is 4.48. The van der Waals surface area contributed by atoms with Crippen molar-refractivity contribution in [1.82, 2.24) is 15.2 Å². The molecular formula is C18H24N4O. The summed E-state index contributed by atoms with van der Waals surface area (Å²) in [4.78, 5) is 9.33. The number of ether oxygens (including phenoxy) is 1. The number of nitrogens with one attached hydrogen (secondary N) is 1. The lowest BCUT2D eigenvalue weighted by atomic mass is 10.2. The van der Waals surface area contributed by atoms with Crippen LogP contribution in [0.25, 0.3) is 0 Å². The molecule has 3 saturated heterocycles. The molecule has 0 radical (unpaired) electrons. The highest BCUT2D eigenvalue weighted by Gasteiger charge is 2.36. The standard InChI is InChI=1S/C18H24N4O/c1(7-21-8-10-23-11-9-21)2-15-12-16(5-6-20-15)22-17-3-4-18(22)14-19-13-17/h5-6,12,17-19H,3-4,7-11,13-14H2. The van der Waals surface area contributed by atoms with E-state index in [1.807, 2.05) is 6.20 Å². The second-order valence-electron chi connectivity index (χ2n) is 6.54. The summed E-state index contributed by atoms with van der Waals surface area (Å²) in [6.45, 7) is 6.59. The summed E-state index contributed by atoms with van der Waals surface area (Å²) in [5.74, 6) is 6.50. The van der Waals surface area contributed by atoms with Crippen LogP contribution in [0.2, 0.25) is 0 Å². The predicted octanol–water partition coefficient (Wildman–Crippen LogP) is 0.706. The third kappa shape index (κ3) is 3.35. The summed E-state index contributed by atoms with van der Waals surface area (Å²) in [6, 6.07) is 5.54. The topological polar surface area (TPSA) is 40.6 Å². The largest absolute Gasteiger partial charge is 0.379 e. The maximum Gasteiger partial charge on any atom is 0.115 e. The molecule has 2 atom stereocenters. The SMILES string of the molecule is C(#Cc1cc(N2C3CCC2CNC3)ccn1)CN1CCOCC1. The zero-order valence-corrected chi connectivity index (χ0v) is 13.5. The highest BCUT2D eigenvalue weighted by Crippen LogP contribution is 2.32. The van der Waals surface area contributed by atoms with Crippen LogP contribution in [0.1, 0.15) is 18.5 Å². The molecule has 5 heteroatoms. The summed E-state index contributed by atoms with van der Waals surface area (Å²) < 4.78 is 5.36. The molecular weight excluding hydrogens is 288 g/mol. The van der Waals surface area contributed by atoms with Gasteiger partial charge in [0.15, 0.2) is 0 Å². The molecule has 122 valence electrons. The van der Waals surface area contributed by atoms with Crippen LogP contribution >= 0.6 is 0 Å². The number of pyridine rings is 1. The highest BCUT2D eigenvalue weighted by atomic mass is 16.5. The first-order chi connectivity index (χ1) is 11.4. The number of nitrogens with zero attached hydrogens (tertiary/aromatic N) is 3. The molecule has 0 saturated carbocycles. The second-order valence-corrected chi connectivity index (χ2v) is 6.54. The Morgan fingerprint density at radius 2 is 2.00 bits per heavy atom. The van der Waals surface area contributed by atoms with Gasteiger partial charge in [0.05, 0.1) is 19.8 Å². The maximum atomic E-state index is 5.36. The van der Waals surface area contributed by atoms with Crippen LogP contribution in [-0.4, -0.2) is 67.9 Å². The Balaban J connectivity index is 1.44. The van der Waals surface area contributed by atoms with Gasteiger partial charge in [-0.3, -0.25) is 4.90 Å². The summed E-state index contributed by atoms with van der Waals surface area (Å²) in [7, 11) is 0. The Morgan fingerprint density at radius 1 is 1.22 bits per heavy atom. The number of rotatable bonds is 2. The van der Waals surface area contributed by atoms with Crippen LogP contribution in [0.15, 0.2) is 18.3 Å². The van der Waals surface area contributed by atoms with Crippen molar-refractivity contribution in [2.24, 2.45) is 0 Å². The van der Waals surface area contributed by atoms with Gasteiger partial charge in [0.25, 0.3) is 0 Å². The highest BCUT2D eigenvalue weighted by molar-refractivity contribution is 5.53. The molecule has 2 bridgehead atoms. The number of aromatic nitrogens is 1. The van der Waals surface area contributed by atoms with Gasteiger partial charge in [0, 0.05) is 50.1 Å². The Bertz CT molecular complexity index is 587. The van der Waals surface area contributed by atoms with E-state index in [1.54, 1.807) is 0 Å². The molecule has 23 heavy (non-hydrogen) atoms. The lowest BCUT2D eigenvalue weighted by Crippen LogP contribution is -2.52. The molecule has 4 heterocycles. The summed E-state index contributed by atoms with van der Waals surface area (Å²) in [5, 5.41) is 3.53. The van der Waals surface area contributed by atoms with Crippen molar-refractivity contribution in [2.75, 3.05) is 50.8 Å². The van der Waals surface area contributed by atoms with Gasteiger partial charge in [-0.1, -0.05) is 5.92 Å². The van der Waals surface area contributed by atoms with Gasteiger partial charge in [-0.2, -0.15) is 0 Å². The van der Waals surface area contributed by atoms with E-state index in [9.17, 15) is 0 Å². The fraction of sp³-hybridized carbons (Fsp3) is 0.611. The van der Waals surface area contributed by atoms with Crippen molar-refractivity contribution in [1.29, 1.82) is 0 Å². The first-order valence-corrected chi connectivity index (χ1v) is 8.64. The minimum absolute atomic E-state index is 0.630. The first-order valence-electron chi connectivity index (χ1n) is 8.64. The molecule has 1 N–H and O–H groups in total. The Labute approximate surface area is 138 Å². The number of hydrogen-bond donors (Lipinski definition) is 1. The summed E-state index contributed by atoms with van der Waals surface area (Å²) >= 11 is 0. The van der Waals surface area contributed by atoms with Crippen LogP contribution in [0, 0.1) is 11.8 Å². The van der Waals surface area contributed by atoms with Gasteiger partial charge in [-0.15, -0.1) is 0 Å². The van der Waals surface area contributed by atoms with Crippen molar-refractivity contribution in [2.45, 2.75) is 24.9 Å². The lowest BCUT2D eigenvalue weighted by molar-refractivity contribution is 0.0443. The van der Waals surface area contributed by atoms with Gasteiger partial charge < -0.3 is 15.0 Å². The number of hydrogen-bond acceptors (Lipinski definition) is 5. The molecule has 0 aliphatic carbocycles. The van der Waals surface area contributed by atoms with E-state index in [-0.39, 0.29) is 0 Å². The molecule has 0 aromatic carbocycles. The average molecular weight is 312 g/mol. The Morgan fingerprint density at radius 3 is 2.78 bits per heavy atom. The van der Waals surface area contributed by atoms with Crippen molar-refractivity contribution >= 4 is 5.69 Å². The molecule has 1 aromatic rings. The van der Waals surface area contributed by atoms with Gasteiger partial charge in [-0.05, 0) is 30.9 Å². The number of morpholine rings is 1. The Hall–Kier alpha value is -1.61. The fourth-order valence-electron chi connectivity index (χ4n) is 3.85. The van der Waals surface area contributed by atoms with Crippen LogP contribution in [-0.2, 0) is 4.74 Å². The van der Waals surface area contributed by atoms with E-state index in [2.05, 4.69) is 44.1 Å². The quantitative estimate of drug-likeness (QED) is 0.815. The molecule has 0 amide bonds. The van der Waals surface area contributed by atoms with E-state index in [1.165, 1.54) is 18.5 Å². The predicted molar refractivity (Wildman–Crippen MR) is 90.5 cm³/mol.